The van der Waals surface area contributed by atoms with Crippen molar-refractivity contribution in [3.63, 3.8) is 0 Å². The third-order valence-corrected chi connectivity index (χ3v) is 7.88. The predicted octanol–water partition coefficient (Wildman–Crippen LogP) is 6.81. The highest BCUT2D eigenvalue weighted by molar-refractivity contribution is 6.02. The number of halogens is 1. The van der Waals surface area contributed by atoms with Crippen molar-refractivity contribution in [3.8, 4) is 0 Å². The summed E-state index contributed by atoms with van der Waals surface area (Å²) < 4.78 is 0. The van der Waals surface area contributed by atoms with E-state index in [0.29, 0.717) is 11.7 Å². The summed E-state index contributed by atoms with van der Waals surface area (Å²) in [5.74, 6) is 2.09. The summed E-state index contributed by atoms with van der Waals surface area (Å²) in [5, 5.41) is 0. The van der Waals surface area contributed by atoms with Gasteiger partial charge in [-0.25, -0.2) is 0 Å². The Kier molecular flexibility index (Phi) is 7.51. The number of likely N-dealkylation sites (tertiary alicyclic amines) is 1. The molecule has 1 heterocycles. The zero-order valence-electron chi connectivity index (χ0n) is 18.6. The van der Waals surface area contributed by atoms with Gasteiger partial charge in [-0.2, -0.15) is 0 Å². The fourth-order valence-corrected chi connectivity index (χ4v) is 6.11. The molecule has 1 unspecified atom stereocenters. The summed E-state index contributed by atoms with van der Waals surface area (Å²) in [6.45, 7) is 3.39. The van der Waals surface area contributed by atoms with E-state index < -0.39 is 0 Å². The van der Waals surface area contributed by atoms with Gasteiger partial charge in [-0.3, -0.25) is 9.69 Å². The van der Waals surface area contributed by atoms with Crippen molar-refractivity contribution in [1.82, 2.24) is 4.90 Å². The highest BCUT2D eigenvalue weighted by atomic mass is 35.5. The van der Waals surface area contributed by atoms with E-state index in [1.807, 2.05) is 0 Å². The number of carbonyl (C=O) groups excluding carboxylic acids is 1. The van der Waals surface area contributed by atoms with Crippen LogP contribution in [0, 0.1) is 11.8 Å². The first-order valence-electron chi connectivity index (χ1n) is 12.2. The lowest BCUT2D eigenvalue weighted by atomic mass is 9.83. The predicted molar refractivity (Wildman–Crippen MR) is 130 cm³/mol. The van der Waals surface area contributed by atoms with Crippen molar-refractivity contribution in [3.05, 3.63) is 70.8 Å². The molecule has 2 aliphatic carbocycles. The lowest BCUT2D eigenvalue weighted by molar-refractivity contribution is 0.0895. The Labute approximate surface area is 193 Å². The molecule has 0 N–H and O–H groups in total. The Bertz CT molecular complexity index is 866. The molecule has 2 nitrogen and oxygen atoms in total. The zero-order valence-corrected chi connectivity index (χ0v) is 19.4. The zero-order chi connectivity index (χ0) is 20.3. The van der Waals surface area contributed by atoms with E-state index in [1.54, 1.807) is 0 Å². The molecule has 1 saturated carbocycles. The second kappa shape index (κ2) is 10.3. The van der Waals surface area contributed by atoms with Crippen LogP contribution in [0.3, 0.4) is 0 Å². The highest BCUT2D eigenvalue weighted by Crippen LogP contribution is 2.38. The first-order chi connectivity index (χ1) is 14.8. The fraction of sp³-hybridized carbons (Fsp3) is 0.536. The standard InChI is InChI=1S/C28H35NO.ClH/c30-28-26(17-21-13-15-29(16-14-21)20-22-7-3-1-4-8-22)19-25-18-24(11-12-27(25)28)23-9-5-2-6-10-23;/h1,3-4,7-8,11-12,18,21,23,26H,2,5-6,9-10,13-17,19-20H2;1H. The van der Waals surface area contributed by atoms with Crippen LogP contribution in [0.15, 0.2) is 48.5 Å². The van der Waals surface area contributed by atoms with Crippen molar-refractivity contribution < 1.29 is 4.79 Å². The second-order valence-corrected chi connectivity index (χ2v) is 9.96. The highest BCUT2D eigenvalue weighted by Gasteiger charge is 2.33. The van der Waals surface area contributed by atoms with Gasteiger partial charge in [0.1, 0.15) is 0 Å². The monoisotopic (exact) mass is 437 g/mol. The van der Waals surface area contributed by atoms with Crippen molar-refractivity contribution in [2.75, 3.05) is 13.1 Å². The van der Waals surface area contributed by atoms with Gasteiger partial charge in [-0.1, -0.05) is 67.8 Å². The minimum atomic E-state index is 0. The molecule has 0 aromatic heterocycles. The minimum absolute atomic E-state index is 0. The summed E-state index contributed by atoms with van der Waals surface area (Å²) in [6.07, 6.45) is 11.3. The fourth-order valence-electron chi connectivity index (χ4n) is 6.11. The lowest BCUT2D eigenvalue weighted by Crippen LogP contribution is -2.34. The number of rotatable bonds is 5. The molecule has 2 aromatic carbocycles. The Hall–Kier alpha value is -1.64. The number of fused-ring (bicyclic) bond motifs is 1. The number of carbonyl (C=O) groups is 1. The van der Waals surface area contributed by atoms with E-state index in [1.165, 1.54) is 74.7 Å². The molecule has 1 saturated heterocycles. The van der Waals surface area contributed by atoms with Crippen LogP contribution in [0.1, 0.15) is 84.3 Å². The molecule has 0 radical (unpaired) electrons. The molecule has 0 amide bonds. The SMILES string of the molecule is Cl.O=C1c2ccc(C3CCCCC3)cc2CC1CC1CCN(Cc2ccccc2)CC1. The summed E-state index contributed by atoms with van der Waals surface area (Å²) in [6, 6.07) is 17.6. The number of ketones is 1. The van der Waals surface area contributed by atoms with Crippen molar-refractivity contribution in [1.29, 1.82) is 0 Å². The number of hydrogen-bond donors (Lipinski definition) is 0. The molecule has 2 aromatic rings. The van der Waals surface area contributed by atoms with Gasteiger partial charge >= 0.3 is 0 Å². The van der Waals surface area contributed by atoms with Crippen molar-refractivity contribution in [2.45, 2.75) is 70.3 Å². The molecule has 1 aliphatic heterocycles. The van der Waals surface area contributed by atoms with Gasteiger partial charge < -0.3 is 0 Å². The molecule has 0 spiro atoms. The summed E-state index contributed by atoms with van der Waals surface area (Å²) in [4.78, 5) is 15.6. The first kappa shape index (κ1) is 22.6. The number of piperidine rings is 1. The van der Waals surface area contributed by atoms with Gasteiger partial charge in [-0.05, 0) is 80.1 Å². The lowest BCUT2D eigenvalue weighted by Gasteiger charge is -2.33. The van der Waals surface area contributed by atoms with Gasteiger partial charge in [0.05, 0.1) is 0 Å². The Morgan fingerprint density at radius 3 is 2.35 bits per heavy atom. The number of hydrogen-bond acceptors (Lipinski definition) is 2. The van der Waals surface area contributed by atoms with Crippen LogP contribution in [-0.4, -0.2) is 23.8 Å². The third-order valence-electron chi connectivity index (χ3n) is 7.88. The van der Waals surface area contributed by atoms with Crippen molar-refractivity contribution >= 4 is 18.2 Å². The maximum atomic E-state index is 13.1. The van der Waals surface area contributed by atoms with Gasteiger partial charge in [0.25, 0.3) is 0 Å². The Balaban J connectivity index is 0.00000231. The van der Waals surface area contributed by atoms with Crippen LogP contribution in [0.2, 0.25) is 0 Å². The number of nitrogens with zero attached hydrogens (tertiary/aromatic N) is 1. The normalized spacial score (nSPS) is 22.8. The third kappa shape index (κ3) is 5.23. The first-order valence-corrected chi connectivity index (χ1v) is 12.2. The van der Waals surface area contributed by atoms with E-state index in [9.17, 15) is 4.79 Å². The molecular weight excluding hydrogens is 402 g/mol. The molecule has 0 bridgehead atoms. The largest absolute Gasteiger partial charge is 0.299 e. The molecule has 2 fully saturated rings. The van der Waals surface area contributed by atoms with Crippen LogP contribution in [0.25, 0.3) is 0 Å². The minimum Gasteiger partial charge on any atom is -0.299 e. The van der Waals surface area contributed by atoms with Crippen LogP contribution >= 0.6 is 12.4 Å². The van der Waals surface area contributed by atoms with Gasteiger partial charge in [0.2, 0.25) is 0 Å². The van der Waals surface area contributed by atoms with Gasteiger partial charge in [-0.15, -0.1) is 12.4 Å². The van der Waals surface area contributed by atoms with Crippen LogP contribution in [0.4, 0.5) is 0 Å². The Morgan fingerprint density at radius 2 is 1.61 bits per heavy atom. The average Bonchev–Trinajstić information content (AvgIpc) is 3.11. The molecule has 3 aliphatic rings. The van der Waals surface area contributed by atoms with Crippen LogP contribution < -0.4 is 0 Å². The molecule has 1 atom stereocenters. The average molecular weight is 438 g/mol. The maximum Gasteiger partial charge on any atom is 0.166 e. The van der Waals surface area contributed by atoms with Crippen molar-refractivity contribution in [2.24, 2.45) is 11.8 Å². The maximum absolute atomic E-state index is 13.1. The van der Waals surface area contributed by atoms with Crippen LogP contribution in [-0.2, 0) is 13.0 Å². The molecule has 166 valence electrons. The topological polar surface area (TPSA) is 20.3 Å². The quantitative estimate of drug-likeness (QED) is 0.511. The van der Waals surface area contributed by atoms with Gasteiger partial charge in [0.15, 0.2) is 5.78 Å². The number of benzene rings is 2. The van der Waals surface area contributed by atoms with E-state index >= 15 is 0 Å². The molecular formula is C28H36ClNO. The smallest absolute Gasteiger partial charge is 0.166 e. The Morgan fingerprint density at radius 1 is 0.871 bits per heavy atom. The molecule has 31 heavy (non-hydrogen) atoms. The van der Waals surface area contributed by atoms with Crippen LogP contribution in [0.5, 0.6) is 0 Å². The number of Topliss-reactive ketones (excluding diaryl/α,β-unsaturated/α-hetero) is 1. The van der Waals surface area contributed by atoms with Gasteiger partial charge in [0, 0.05) is 18.0 Å². The van der Waals surface area contributed by atoms with E-state index in [2.05, 4.69) is 53.4 Å². The second-order valence-electron chi connectivity index (χ2n) is 9.96. The summed E-state index contributed by atoms with van der Waals surface area (Å²) >= 11 is 0. The van der Waals surface area contributed by atoms with E-state index in [4.69, 9.17) is 0 Å². The molecule has 3 heteroatoms. The summed E-state index contributed by atoms with van der Waals surface area (Å²) in [7, 11) is 0. The molecule has 5 rings (SSSR count). The van der Waals surface area contributed by atoms with E-state index in [-0.39, 0.29) is 18.3 Å². The van der Waals surface area contributed by atoms with E-state index in [0.717, 1.165) is 30.9 Å². The summed E-state index contributed by atoms with van der Waals surface area (Å²) in [5.41, 5.74) is 5.28.